The fourth-order valence-electron chi connectivity index (χ4n) is 7.36. The molecule has 2 aromatic heterocycles. The summed E-state index contributed by atoms with van der Waals surface area (Å²) < 4.78 is 14.2. The summed E-state index contributed by atoms with van der Waals surface area (Å²) in [5.74, 6) is 2.00. The molecule has 2 aromatic carbocycles. The van der Waals surface area contributed by atoms with Crippen LogP contribution in [0.4, 0.5) is 16.4 Å². The molecule has 1 aliphatic carbocycles. The smallest absolute Gasteiger partial charge is 0.320 e. The molecule has 2 amide bonds. The maximum atomic E-state index is 13.7. The first-order chi connectivity index (χ1) is 25.6. The van der Waals surface area contributed by atoms with Crippen LogP contribution in [0.15, 0.2) is 83.6 Å². The summed E-state index contributed by atoms with van der Waals surface area (Å²) in [6, 6.07) is 20.1. The fraction of sp³-hybridized carbons (Fsp3) is 0.463. The number of morpholine rings is 1. The summed E-state index contributed by atoms with van der Waals surface area (Å²) in [4.78, 5) is 23.3. The van der Waals surface area contributed by atoms with Crippen LogP contribution in [0.25, 0.3) is 5.65 Å². The number of ether oxygens (including phenoxy) is 2. The predicted molar refractivity (Wildman–Crippen MR) is 208 cm³/mol. The molecular weight excluding hydrogens is 667 g/mol. The number of aromatic nitrogens is 3. The molecule has 4 aromatic rings. The van der Waals surface area contributed by atoms with Crippen LogP contribution in [-0.4, -0.2) is 70.3 Å². The van der Waals surface area contributed by atoms with Gasteiger partial charge in [0.1, 0.15) is 17.7 Å². The van der Waals surface area contributed by atoms with Crippen LogP contribution in [0.1, 0.15) is 88.6 Å². The standard InChI is InChI=1S/C41H53N9O3/c1-28-10-7-8-19-49(28)40-47-46-38-18-15-31(27-50(38)40)53-35-17-16-34(32-13-5-6-14-33(32)35)44-39(51)45-37(25-36(42)41(2,3)4)43-30-12-9-11-29(24-30)26-48-20-22-52-23-21-48/h5-6,9,11-15,18,24-25,27-28,34-35H,7-8,10,16-17,19-23,26,42H2,1-4H3,(H2,43,44,45,51)/t28-,34-,35+/m0/s1. The molecule has 4 N–H and O–H groups in total. The monoisotopic (exact) mass is 719 g/mol. The summed E-state index contributed by atoms with van der Waals surface area (Å²) >= 11 is 0. The van der Waals surface area contributed by atoms with E-state index >= 15 is 0 Å². The van der Waals surface area contributed by atoms with Crippen LogP contribution in [0.3, 0.4) is 0 Å². The van der Waals surface area contributed by atoms with Gasteiger partial charge in [-0.05, 0) is 80.0 Å². The van der Waals surface area contributed by atoms with Gasteiger partial charge in [0.05, 0.1) is 31.1 Å². The molecule has 3 aliphatic rings. The highest BCUT2D eigenvalue weighted by molar-refractivity contribution is 6.05. The van der Waals surface area contributed by atoms with Crippen molar-refractivity contribution in [1.29, 1.82) is 0 Å². The molecule has 0 radical (unpaired) electrons. The van der Waals surface area contributed by atoms with Crippen molar-refractivity contribution in [1.82, 2.24) is 30.1 Å². The number of aliphatic imine (C=N–C) groups is 1. The van der Waals surface area contributed by atoms with Gasteiger partial charge in [-0.2, -0.15) is 0 Å². The minimum atomic E-state index is -0.345. The maximum Gasteiger partial charge on any atom is 0.320 e. The number of benzene rings is 2. The van der Waals surface area contributed by atoms with Crippen molar-refractivity contribution >= 4 is 29.1 Å². The number of carbonyl (C=O) groups is 1. The van der Waals surface area contributed by atoms with E-state index in [2.05, 4.69) is 61.8 Å². The number of urea groups is 1. The summed E-state index contributed by atoms with van der Waals surface area (Å²) in [7, 11) is 0. The average molecular weight is 720 g/mol. The van der Waals surface area contributed by atoms with E-state index in [1.165, 1.54) is 6.42 Å². The molecule has 4 heterocycles. The van der Waals surface area contributed by atoms with E-state index in [1.54, 1.807) is 6.08 Å². The lowest BCUT2D eigenvalue weighted by atomic mass is 9.85. The van der Waals surface area contributed by atoms with Gasteiger partial charge in [0.25, 0.3) is 0 Å². The van der Waals surface area contributed by atoms with Crippen LogP contribution < -0.4 is 26.0 Å². The highest BCUT2D eigenvalue weighted by Gasteiger charge is 2.30. The van der Waals surface area contributed by atoms with Gasteiger partial charge in [-0.25, -0.2) is 9.79 Å². The van der Waals surface area contributed by atoms with Gasteiger partial charge < -0.3 is 25.4 Å². The molecule has 53 heavy (non-hydrogen) atoms. The first-order valence-corrected chi connectivity index (χ1v) is 19.0. The second-order valence-corrected chi connectivity index (χ2v) is 15.5. The normalized spacial score (nSPS) is 21.7. The number of pyridine rings is 1. The second kappa shape index (κ2) is 16.0. The molecule has 0 unspecified atom stereocenters. The van der Waals surface area contributed by atoms with Gasteiger partial charge in [0.15, 0.2) is 5.65 Å². The van der Waals surface area contributed by atoms with Gasteiger partial charge >= 0.3 is 6.03 Å². The average Bonchev–Trinajstić information content (AvgIpc) is 3.56. The predicted octanol–water partition coefficient (Wildman–Crippen LogP) is 6.81. The van der Waals surface area contributed by atoms with E-state index < -0.39 is 0 Å². The summed E-state index contributed by atoms with van der Waals surface area (Å²) in [5, 5.41) is 15.2. The topological polar surface area (TPSA) is 135 Å². The summed E-state index contributed by atoms with van der Waals surface area (Å²) in [6.07, 6.45) is 8.57. The Hall–Kier alpha value is -4.94. The third-order valence-electron chi connectivity index (χ3n) is 10.5. The number of hydrogen-bond acceptors (Lipinski definition) is 9. The van der Waals surface area contributed by atoms with Crippen molar-refractivity contribution in [2.45, 2.75) is 84.5 Å². The summed E-state index contributed by atoms with van der Waals surface area (Å²) in [5.41, 5.74) is 11.6. The molecule has 12 nitrogen and oxygen atoms in total. The van der Waals surface area contributed by atoms with Crippen LogP contribution in [0.2, 0.25) is 0 Å². The highest BCUT2D eigenvalue weighted by Crippen LogP contribution is 2.39. The number of hydrogen-bond donors (Lipinski definition) is 3. The van der Waals surface area contributed by atoms with Gasteiger partial charge in [0.2, 0.25) is 5.95 Å². The number of amides is 2. The Balaban J connectivity index is 1.06. The molecule has 2 fully saturated rings. The Morgan fingerprint density at radius 3 is 2.60 bits per heavy atom. The Morgan fingerprint density at radius 2 is 1.81 bits per heavy atom. The number of piperidine rings is 1. The highest BCUT2D eigenvalue weighted by atomic mass is 16.5. The first kappa shape index (κ1) is 36.4. The lowest BCUT2D eigenvalue weighted by Crippen LogP contribution is -2.42. The zero-order valence-electron chi connectivity index (χ0n) is 31.4. The molecule has 0 saturated carbocycles. The summed E-state index contributed by atoms with van der Waals surface area (Å²) in [6.45, 7) is 13.5. The minimum Gasteiger partial charge on any atom is -0.484 e. The fourth-order valence-corrected chi connectivity index (χ4v) is 7.36. The second-order valence-electron chi connectivity index (χ2n) is 15.5. The zero-order valence-corrected chi connectivity index (χ0v) is 31.4. The number of nitrogens with one attached hydrogen (secondary N) is 2. The Labute approximate surface area is 312 Å². The number of nitrogens with two attached hydrogens (primary N) is 1. The van der Waals surface area contributed by atoms with Gasteiger partial charge in [-0.1, -0.05) is 57.2 Å². The van der Waals surface area contributed by atoms with Gasteiger partial charge in [-0.3, -0.25) is 14.6 Å². The van der Waals surface area contributed by atoms with E-state index in [4.69, 9.17) is 20.2 Å². The van der Waals surface area contributed by atoms with E-state index in [0.29, 0.717) is 24.0 Å². The molecule has 2 saturated heterocycles. The van der Waals surface area contributed by atoms with Crippen molar-refractivity contribution in [2.75, 3.05) is 37.7 Å². The molecular formula is C41H53N9O3. The number of allylic oxidation sites excluding steroid dienone is 1. The van der Waals surface area contributed by atoms with Gasteiger partial charge in [-0.15, -0.1) is 10.2 Å². The quantitative estimate of drug-likeness (QED) is 0.134. The van der Waals surface area contributed by atoms with Crippen molar-refractivity contribution in [2.24, 2.45) is 16.1 Å². The van der Waals surface area contributed by atoms with Crippen LogP contribution in [0, 0.1) is 5.41 Å². The lowest BCUT2D eigenvalue weighted by molar-refractivity contribution is 0.0342. The first-order valence-electron chi connectivity index (χ1n) is 19.0. The molecule has 0 bridgehead atoms. The van der Waals surface area contributed by atoms with E-state index in [-0.39, 0.29) is 23.6 Å². The van der Waals surface area contributed by atoms with Crippen molar-refractivity contribution in [3.8, 4) is 5.75 Å². The maximum absolute atomic E-state index is 13.7. The van der Waals surface area contributed by atoms with Crippen LogP contribution in [-0.2, 0) is 11.3 Å². The zero-order chi connectivity index (χ0) is 37.0. The number of nitrogens with zero attached hydrogens (tertiary/aromatic N) is 6. The number of anilines is 1. The van der Waals surface area contributed by atoms with Crippen LogP contribution in [0.5, 0.6) is 5.75 Å². The molecule has 0 spiro atoms. The lowest BCUT2D eigenvalue weighted by Gasteiger charge is -2.33. The minimum absolute atomic E-state index is 0.171. The molecule has 12 heteroatoms. The van der Waals surface area contributed by atoms with E-state index in [9.17, 15) is 4.79 Å². The number of fused-ring (bicyclic) bond motifs is 2. The van der Waals surface area contributed by atoms with Gasteiger partial charge in [0, 0.05) is 49.4 Å². The third kappa shape index (κ3) is 8.82. The molecule has 7 rings (SSSR count). The Bertz CT molecular complexity index is 1960. The molecule has 2 aliphatic heterocycles. The van der Waals surface area contributed by atoms with E-state index in [0.717, 1.165) is 98.4 Å². The molecule has 3 atom stereocenters. The Kier molecular flexibility index (Phi) is 11.0. The molecule has 280 valence electrons. The van der Waals surface area contributed by atoms with E-state index in [1.807, 2.05) is 67.8 Å². The third-order valence-corrected chi connectivity index (χ3v) is 10.5. The van der Waals surface area contributed by atoms with Crippen molar-refractivity contribution in [3.05, 3.63) is 95.3 Å². The largest absolute Gasteiger partial charge is 0.484 e. The SMILES string of the molecule is C[C@H]1CCCCN1c1nnc2ccc(O[C@@H]3CC[C@H](NC(=O)NC(C=C(N)C(C)(C)C)=Nc4cccc(CN5CCOCC5)c4)c4ccccc43)cn12. The van der Waals surface area contributed by atoms with Crippen LogP contribution >= 0.6 is 0 Å². The van der Waals surface area contributed by atoms with Crippen molar-refractivity contribution in [3.63, 3.8) is 0 Å². The number of carbonyl (C=O) groups excluding carboxylic acids is 1. The number of rotatable bonds is 8. The number of amidine groups is 1. The van der Waals surface area contributed by atoms with Crippen molar-refractivity contribution < 1.29 is 14.3 Å². The Morgan fingerprint density at radius 1 is 1.00 bits per heavy atom.